The number of carbonyl (C=O) groups excluding carboxylic acids is 2. The van der Waals surface area contributed by atoms with Crippen LogP contribution >= 0.6 is 11.6 Å². The third kappa shape index (κ3) is 3.27. The van der Waals surface area contributed by atoms with Gasteiger partial charge in [0.1, 0.15) is 0 Å². The van der Waals surface area contributed by atoms with Gasteiger partial charge in [-0.1, -0.05) is 11.6 Å². The van der Waals surface area contributed by atoms with Crippen molar-refractivity contribution in [3.63, 3.8) is 0 Å². The predicted octanol–water partition coefficient (Wildman–Crippen LogP) is 1.20. The second-order valence-corrected chi connectivity index (χ2v) is 3.55. The van der Waals surface area contributed by atoms with Crippen LogP contribution in [-0.2, 0) is 14.3 Å². The van der Waals surface area contributed by atoms with Crippen molar-refractivity contribution in [3.8, 4) is 0 Å². The second-order valence-electron chi connectivity index (χ2n) is 3.33. The number of amides is 1. The van der Waals surface area contributed by atoms with E-state index < -0.39 is 6.09 Å². The van der Waals surface area contributed by atoms with Crippen molar-refractivity contribution in [1.82, 2.24) is 4.90 Å². The summed E-state index contributed by atoms with van der Waals surface area (Å²) in [6, 6.07) is -0.168. The van der Waals surface area contributed by atoms with Crippen LogP contribution in [0.2, 0.25) is 0 Å². The molecule has 1 aliphatic rings. The number of hydrogen-bond donors (Lipinski definition) is 0. The molecule has 1 aliphatic heterocycles. The molecule has 1 unspecified atom stereocenters. The Morgan fingerprint density at radius 2 is 2.27 bits per heavy atom. The molecule has 0 aromatic heterocycles. The van der Waals surface area contributed by atoms with Crippen LogP contribution in [0.4, 0.5) is 4.79 Å². The summed E-state index contributed by atoms with van der Waals surface area (Å²) in [6.07, 6.45) is 1.05. The maximum Gasteiger partial charge on any atom is 0.410 e. The molecular formula is C9H14ClNO4. The molecule has 0 spiro atoms. The Kier molecular flexibility index (Phi) is 4.68. The highest BCUT2D eigenvalue weighted by molar-refractivity contribution is 6.17. The van der Waals surface area contributed by atoms with Gasteiger partial charge in [-0.15, -0.1) is 0 Å². The number of nitrogens with zero attached hydrogens (tertiary/aromatic N) is 1. The van der Waals surface area contributed by atoms with E-state index in [1.165, 1.54) is 12.0 Å². The van der Waals surface area contributed by atoms with E-state index in [2.05, 4.69) is 9.47 Å². The molecule has 0 N–H and O–H groups in total. The minimum absolute atomic E-state index is 0.168. The highest BCUT2D eigenvalue weighted by Crippen LogP contribution is 2.18. The fourth-order valence-electron chi connectivity index (χ4n) is 1.64. The summed E-state index contributed by atoms with van der Waals surface area (Å²) in [6.45, 7) is 0.950. The summed E-state index contributed by atoms with van der Waals surface area (Å²) in [5.41, 5.74) is 0. The molecule has 1 fully saturated rings. The topological polar surface area (TPSA) is 55.8 Å². The summed E-state index contributed by atoms with van der Waals surface area (Å²) in [5.74, 6) is -0.523. The van der Waals surface area contributed by atoms with Gasteiger partial charge in [0, 0.05) is 13.1 Å². The van der Waals surface area contributed by atoms with Gasteiger partial charge in [-0.3, -0.25) is 4.79 Å². The zero-order valence-electron chi connectivity index (χ0n) is 8.57. The van der Waals surface area contributed by atoms with Crippen molar-refractivity contribution in [2.45, 2.75) is 12.8 Å². The number of methoxy groups -OCH3 is 1. The molecule has 86 valence electrons. The maximum absolute atomic E-state index is 11.3. The van der Waals surface area contributed by atoms with Crippen LogP contribution in [0.5, 0.6) is 0 Å². The van der Waals surface area contributed by atoms with Crippen LogP contribution in [0.3, 0.4) is 0 Å². The number of halogens is 1. The third-order valence-electron chi connectivity index (χ3n) is 2.39. The lowest BCUT2D eigenvalue weighted by Crippen LogP contribution is -2.42. The van der Waals surface area contributed by atoms with Gasteiger partial charge < -0.3 is 14.4 Å². The molecule has 6 heteroatoms. The Labute approximate surface area is 93.3 Å². The average molecular weight is 236 g/mol. The van der Waals surface area contributed by atoms with Gasteiger partial charge in [0.25, 0.3) is 0 Å². The van der Waals surface area contributed by atoms with Crippen LogP contribution in [0, 0.1) is 5.92 Å². The molecule has 0 aromatic carbocycles. The summed E-state index contributed by atoms with van der Waals surface area (Å²) >= 11 is 5.28. The molecule has 15 heavy (non-hydrogen) atoms. The van der Waals surface area contributed by atoms with E-state index in [9.17, 15) is 9.59 Å². The third-order valence-corrected chi connectivity index (χ3v) is 2.50. The lowest BCUT2D eigenvalue weighted by atomic mass is 9.99. The van der Waals surface area contributed by atoms with Crippen LogP contribution in [0.15, 0.2) is 0 Å². The SMILES string of the molecule is COC(=O)C1CCCN(C(=O)OCCl)C1. The van der Waals surface area contributed by atoms with E-state index in [1.807, 2.05) is 0 Å². The summed E-state index contributed by atoms with van der Waals surface area (Å²) in [7, 11) is 1.35. The zero-order chi connectivity index (χ0) is 11.3. The first kappa shape index (κ1) is 12.1. The van der Waals surface area contributed by atoms with Crippen LogP contribution < -0.4 is 0 Å². The van der Waals surface area contributed by atoms with E-state index in [0.29, 0.717) is 13.1 Å². The van der Waals surface area contributed by atoms with Crippen LogP contribution in [0.1, 0.15) is 12.8 Å². The van der Waals surface area contributed by atoms with Gasteiger partial charge in [-0.2, -0.15) is 0 Å². The number of piperidine rings is 1. The molecule has 0 bridgehead atoms. The van der Waals surface area contributed by atoms with Crippen molar-refractivity contribution < 1.29 is 19.1 Å². The summed E-state index contributed by atoms with van der Waals surface area (Å²) in [5, 5.41) is 0. The maximum atomic E-state index is 11.3. The van der Waals surface area contributed by atoms with Gasteiger partial charge in [0.05, 0.1) is 13.0 Å². The van der Waals surface area contributed by atoms with Gasteiger partial charge in [-0.25, -0.2) is 4.79 Å². The van der Waals surface area contributed by atoms with Crippen molar-refractivity contribution in [3.05, 3.63) is 0 Å². The predicted molar refractivity (Wildman–Crippen MR) is 53.5 cm³/mol. The van der Waals surface area contributed by atoms with Crippen LogP contribution in [0.25, 0.3) is 0 Å². The Morgan fingerprint density at radius 1 is 1.53 bits per heavy atom. The molecule has 0 saturated carbocycles. The standard InChI is InChI=1S/C9H14ClNO4/c1-14-8(12)7-3-2-4-11(5-7)9(13)15-6-10/h7H,2-6H2,1H3. The Morgan fingerprint density at radius 3 is 2.87 bits per heavy atom. The van der Waals surface area contributed by atoms with Crippen molar-refractivity contribution in [1.29, 1.82) is 0 Å². The van der Waals surface area contributed by atoms with E-state index >= 15 is 0 Å². The molecular weight excluding hydrogens is 222 g/mol. The molecule has 1 atom stereocenters. The van der Waals surface area contributed by atoms with Crippen molar-refractivity contribution in [2.75, 3.05) is 26.3 Å². The number of hydrogen-bond acceptors (Lipinski definition) is 4. The number of esters is 1. The highest BCUT2D eigenvalue weighted by atomic mass is 35.5. The Bertz CT molecular complexity index is 246. The summed E-state index contributed by atoms with van der Waals surface area (Å²) in [4.78, 5) is 24.1. The molecule has 1 saturated heterocycles. The van der Waals surface area contributed by atoms with E-state index in [-0.39, 0.29) is 18.0 Å². The van der Waals surface area contributed by atoms with Crippen molar-refractivity contribution >= 4 is 23.7 Å². The molecule has 0 aliphatic carbocycles. The first-order chi connectivity index (χ1) is 7.19. The van der Waals surface area contributed by atoms with Gasteiger partial charge in [0.2, 0.25) is 0 Å². The molecule has 1 rings (SSSR count). The largest absolute Gasteiger partial charge is 0.469 e. The van der Waals surface area contributed by atoms with Gasteiger partial charge in [0.15, 0.2) is 6.07 Å². The first-order valence-corrected chi connectivity index (χ1v) is 5.28. The van der Waals surface area contributed by atoms with E-state index in [0.717, 1.165) is 12.8 Å². The zero-order valence-corrected chi connectivity index (χ0v) is 9.33. The monoisotopic (exact) mass is 235 g/mol. The number of alkyl halides is 1. The van der Waals surface area contributed by atoms with Gasteiger partial charge in [-0.05, 0) is 12.8 Å². The fraction of sp³-hybridized carbons (Fsp3) is 0.778. The Hall–Kier alpha value is -0.970. The normalized spacial score (nSPS) is 20.9. The first-order valence-electron chi connectivity index (χ1n) is 4.74. The average Bonchev–Trinajstić information content (AvgIpc) is 2.28. The molecule has 1 heterocycles. The quantitative estimate of drug-likeness (QED) is 0.533. The Balaban J connectivity index is 2.48. The molecule has 1 amide bonds. The minimum Gasteiger partial charge on any atom is -0.469 e. The van der Waals surface area contributed by atoms with E-state index in [4.69, 9.17) is 11.6 Å². The molecule has 0 aromatic rings. The number of carbonyl (C=O) groups is 2. The van der Waals surface area contributed by atoms with Crippen molar-refractivity contribution in [2.24, 2.45) is 5.92 Å². The number of ether oxygens (including phenoxy) is 2. The van der Waals surface area contributed by atoms with E-state index in [1.54, 1.807) is 0 Å². The fourth-order valence-corrected chi connectivity index (χ4v) is 1.73. The lowest BCUT2D eigenvalue weighted by molar-refractivity contribution is -0.147. The molecule has 5 nitrogen and oxygen atoms in total. The highest BCUT2D eigenvalue weighted by Gasteiger charge is 2.29. The number of rotatable bonds is 2. The smallest absolute Gasteiger partial charge is 0.410 e. The minimum atomic E-state index is -0.474. The molecule has 0 radical (unpaired) electrons. The second kappa shape index (κ2) is 5.80. The van der Waals surface area contributed by atoms with Crippen LogP contribution in [-0.4, -0.2) is 43.2 Å². The number of likely N-dealkylation sites (tertiary alicyclic amines) is 1. The lowest BCUT2D eigenvalue weighted by Gasteiger charge is -2.30. The van der Waals surface area contributed by atoms with Gasteiger partial charge >= 0.3 is 12.1 Å². The summed E-state index contributed by atoms with van der Waals surface area (Å²) < 4.78 is 9.28.